The second-order valence-electron chi connectivity index (χ2n) is 7.37. The molecule has 1 amide bonds. The lowest BCUT2D eigenvalue weighted by Gasteiger charge is -2.23. The molecule has 3 aromatic rings. The first kappa shape index (κ1) is 21.9. The van der Waals surface area contributed by atoms with Crippen molar-refractivity contribution in [1.29, 1.82) is 0 Å². The fraction of sp³-hybridized carbons (Fsp3) is 0.304. The fourth-order valence-corrected chi connectivity index (χ4v) is 3.72. The molecule has 0 saturated carbocycles. The van der Waals surface area contributed by atoms with Crippen LogP contribution in [0.1, 0.15) is 22.3 Å². The number of likely N-dealkylation sites (N-methyl/N-ethyl adjacent to an activating group) is 1. The van der Waals surface area contributed by atoms with Gasteiger partial charge in [0, 0.05) is 31.4 Å². The van der Waals surface area contributed by atoms with Gasteiger partial charge in [0.2, 0.25) is 0 Å². The highest BCUT2D eigenvalue weighted by atomic mass is 35.5. The number of hydrogen-bond acceptors (Lipinski definition) is 4. The maximum atomic E-state index is 13.3. The van der Waals surface area contributed by atoms with E-state index < -0.39 is 0 Å². The van der Waals surface area contributed by atoms with Crippen molar-refractivity contribution >= 4 is 18.3 Å². The minimum absolute atomic E-state index is 0. The maximum absolute atomic E-state index is 13.3. The van der Waals surface area contributed by atoms with Crippen molar-refractivity contribution in [3.8, 4) is 17.0 Å². The molecule has 1 unspecified atom stereocenters. The highest BCUT2D eigenvalue weighted by Crippen LogP contribution is 2.26. The average molecular weight is 427 g/mol. The number of ether oxygens (including phenoxy) is 1. The molecular formula is C23H27ClN4O2. The number of benzene rings is 2. The molecule has 4 rings (SSSR count). The van der Waals surface area contributed by atoms with Crippen LogP contribution in [0, 0.1) is 0 Å². The monoisotopic (exact) mass is 426 g/mol. The van der Waals surface area contributed by atoms with Crippen molar-refractivity contribution in [3.05, 3.63) is 71.9 Å². The third-order valence-corrected chi connectivity index (χ3v) is 5.45. The first-order valence-electron chi connectivity index (χ1n) is 9.89. The van der Waals surface area contributed by atoms with Crippen molar-refractivity contribution in [2.45, 2.75) is 19.0 Å². The molecule has 0 bridgehead atoms. The van der Waals surface area contributed by atoms with E-state index >= 15 is 0 Å². The topological polar surface area (TPSA) is 59.4 Å². The number of halogens is 1. The van der Waals surface area contributed by atoms with E-state index in [4.69, 9.17) is 9.84 Å². The Morgan fingerprint density at radius 1 is 1.20 bits per heavy atom. The molecule has 1 N–H and O–H groups in total. The Labute approximate surface area is 183 Å². The minimum atomic E-state index is 0. The number of nitrogens with one attached hydrogen (secondary N) is 1. The van der Waals surface area contributed by atoms with Gasteiger partial charge in [0.25, 0.3) is 5.91 Å². The van der Waals surface area contributed by atoms with Crippen molar-refractivity contribution in [2.75, 3.05) is 27.2 Å². The number of amides is 1. The van der Waals surface area contributed by atoms with Crippen LogP contribution in [0.25, 0.3) is 11.3 Å². The van der Waals surface area contributed by atoms with E-state index in [-0.39, 0.29) is 24.4 Å². The lowest BCUT2D eigenvalue weighted by atomic mass is 10.1. The van der Waals surface area contributed by atoms with Crippen LogP contribution in [0.5, 0.6) is 5.75 Å². The Kier molecular flexibility index (Phi) is 7.13. The van der Waals surface area contributed by atoms with Crippen LogP contribution >= 0.6 is 12.4 Å². The predicted molar refractivity (Wildman–Crippen MR) is 120 cm³/mol. The molecule has 1 aliphatic rings. The standard InChI is InChI=1S/C23H26N4O2.ClH/c1-26(19-12-13-24-14-19)23(28)21-16-27(15-17-6-4-3-5-7-17)25-22(21)18-8-10-20(29-2)11-9-18;/h3-11,16,19,24H,12-15H2,1-2H3;1H. The Morgan fingerprint density at radius 2 is 1.93 bits per heavy atom. The van der Waals surface area contributed by atoms with Crippen LogP contribution in [-0.4, -0.2) is 53.9 Å². The van der Waals surface area contributed by atoms with E-state index in [0.717, 1.165) is 36.4 Å². The second-order valence-corrected chi connectivity index (χ2v) is 7.37. The summed E-state index contributed by atoms with van der Waals surface area (Å²) in [5, 5.41) is 8.10. The van der Waals surface area contributed by atoms with Gasteiger partial charge in [0.15, 0.2) is 0 Å². The van der Waals surface area contributed by atoms with Gasteiger partial charge in [-0.3, -0.25) is 9.48 Å². The quantitative estimate of drug-likeness (QED) is 0.655. The van der Waals surface area contributed by atoms with Gasteiger partial charge in [0.05, 0.1) is 19.2 Å². The molecule has 6 nitrogen and oxygen atoms in total. The third kappa shape index (κ3) is 4.66. The molecule has 1 aromatic heterocycles. The van der Waals surface area contributed by atoms with E-state index in [1.807, 2.05) is 65.3 Å². The average Bonchev–Trinajstić information content (AvgIpc) is 3.44. The van der Waals surface area contributed by atoms with Gasteiger partial charge in [-0.1, -0.05) is 30.3 Å². The largest absolute Gasteiger partial charge is 0.497 e. The van der Waals surface area contributed by atoms with E-state index in [9.17, 15) is 4.79 Å². The number of carbonyl (C=O) groups excluding carboxylic acids is 1. The summed E-state index contributed by atoms with van der Waals surface area (Å²) >= 11 is 0. The molecule has 1 atom stereocenters. The molecule has 1 saturated heterocycles. The molecule has 1 aliphatic heterocycles. The summed E-state index contributed by atoms with van der Waals surface area (Å²) in [6, 6.07) is 18.0. The molecule has 158 valence electrons. The lowest BCUT2D eigenvalue weighted by Crippen LogP contribution is -2.38. The molecule has 1 fully saturated rings. The van der Waals surface area contributed by atoms with Gasteiger partial charge in [0.1, 0.15) is 11.4 Å². The van der Waals surface area contributed by atoms with E-state index in [1.165, 1.54) is 0 Å². The van der Waals surface area contributed by atoms with Crippen LogP contribution in [0.3, 0.4) is 0 Å². The molecule has 2 aromatic carbocycles. The van der Waals surface area contributed by atoms with Gasteiger partial charge >= 0.3 is 0 Å². The van der Waals surface area contributed by atoms with Crippen molar-refractivity contribution in [2.24, 2.45) is 0 Å². The number of carbonyl (C=O) groups is 1. The van der Waals surface area contributed by atoms with Crippen molar-refractivity contribution < 1.29 is 9.53 Å². The fourth-order valence-electron chi connectivity index (χ4n) is 3.72. The van der Waals surface area contributed by atoms with Crippen molar-refractivity contribution in [3.63, 3.8) is 0 Å². The number of hydrogen-bond donors (Lipinski definition) is 1. The molecule has 0 spiro atoms. The molecule has 0 radical (unpaired) electrons. The Bertz CT molecular complexity index is 967. The van der Waals surface area contributed by atoms with Crippen LogP contribution < -0.4 is 10.1 Å². The summed E-state index contributed by atoms with van der Waals surface area (Å²) < 4.78 is 7.12. The zero-order valence-corrected chi connectivity index (χ0v) is 18.1. The van der Waals surface area contributed by atoms with Crippen LogP contribution in [0.15, 0.2) is 60.8 Å². The summed E-state index contributed by atoms with van der Waals surface area (Å²) in [5.41, 5.74) is 3.37. The minimum Gasteiger partial charge on any atom is -0.497 e. The Morgan fingerprint density at radius 3 is 2.57 bits per heavy atom. The normalized spacial score (nSPS) is 15.5. The van der Waals surface area contributed by atoms with Gasteiger partial charge < -0.3 is 15.0 Å². The first-order valence-corrected chi connectivity index (χ1v) is 9.89. The summed E-state index contributed by atoms with van der Waals surface area (Å²) in [4.78, 5) is 15.2. The summed E-state index contributed by atoms with van der Waals surface area (Å²) in [7, 11) is 3.52. The zero-order chi connectivity index (χ0) is 20.2. The lowest BCUT2D eigenvalue weighted by molar-refractivity contribution is 0.0744. The molecule has 2 heterocycles. The Hall–Kier alpha value is -2.83. The second kappa shape index (κ2) is 9.78. The zero-order valence-electron chi connectivity index (χ0n) is 17.2. The number of nitrogens with zero attached hydrogens (tertiary/aromatic N) is 3. The SMILES string of the molecule is COc1ccc(-c2nn(Cc3ccccc3)cc2C(=O)N(C)C2CCNC2)cc1.Cl. The van der Waals surface area contributed by atoms with E-state index in [1.54, 1.807) is 7.11 Å². The van der Waals surface area contributed by atoms with Crippen LogP contribution in [-0.2, 0) is 6.54 Å². The summed E-state index contributed by atoms with van der Waals surface area (Å²) in [6.07, 6.45) is 2.84. The third-order valence-electron chi connectivity index (χ3n) is 5.45. The molecular weight excluding hydrogens is 400 g/mol. The highest BCUT2D eigenvalue weighted by Gasteiger charge is 2.27. The summed E-state index contributed by atoms with van der Waals surface area (Å²) in [6.45, 7) is 2.39. The predicted octanol–water partition coefficient (Wildman–Crippen LogP) is 3.46. The van der Waals surface area contributed by atoms with Gasteiger partial charge in [-0.25, -0.2) is 0 Å². The van der Waals surface area contributed by atoms with Crippen LogP contribution in [0.2, 0.25) is 0 Å². The highest BCUT2D eigenvalue weighted by molar-refractivity contribution is 6.00. The summed E-state index contributed by atoms with van der Waals surface area (Å²) in [5.74, 6) is 0.781. The smallest absolute Gasteiger partial charge is 0.257 e. The number of methoxy groups -OCH3 is 1. The van der Waals surface area contributed by atoms with Crippen molar-refractivity contribution in [1.82, 2.24) is 20.0 Å². The molecule has 0 aliphatic carbocycles. The van der Waals surface area contributed by atoms with E-state index in [2.05, 4.69) is 17.4 Å². The first-order chi connectivity index (χ1) is 14.2. The Balaban J connectivity index is 0.00000256. The van der Waals surface area contributed by atoms with Gasteiger partial charge in [-0.2, -0.15) is 5.10 Å². The maximum Gasteiger partial charge on any atom is 0.257 e. The van der Waals surface area contributed by atoms with Gasteiger partial charge in [-0.15, -0.1) is 12.4 Å². The molecule has 7 heteroatoms. The number of rotatable bonds is 6. The van der Waals surface area contributed by atoms with Gasteiger partial charge in [-0.05, 0) is 42.8 Å². The van der Waals surface area contributed by atoms with E-state index in [0.29, 0.717) is 17.8 Å². The number of aromatic nitrogens is 2. The van der Waals surface area contributed by atoms with Crippen LogP contribution in [0.4, 0.5) is 0 Å². The molecule has 30 heavy (non-hydrogen) atoms.